The minimum absolute atomic E-state index is 0.0142. The normalized spacial score (nSPS) is 15.5. The second-order valence-corrected chi connectivity index (χ2v) is 8.82. The number of nitrogens with zero attached hydrogens (tertiary/aromatic N) is 7. The summed E-state index contributed by atoms with van der Waals surface area (Å²) in [4.78, 5) is 21.4. The first-order valence-corrected chi connectivity index (χ1v) is 11.2. The molecule has 2 N–H and O–H groups in total. The van der Waals surface area contributed by atoms with E-state index >= 15 is 0 Å². The number of aromatic nitrogens is 6. The summed E-state index contributed by atoms with van der Waals surface area (Å²) in [6.45, 7) is 4.47. The number of alkyl halides is 2. The number of nitrogens with one attached hydrogen (secondary N) is 2. The van der Waals surface area contributed by atoms with Crippen molar-refractivity contribution in [3.8, 4) is 5.75 Å². The summed E-state index contributed by atoms with van der Waals surface area (Å²) in [5, 5.41) is 7.59. The Bertz CT molecular complexity index is 1290. The number of anilines is 2. The molecule has 0 bridgehead atoms. The van der Waals surface area contributed by atoms with Crippen LogP contribution in [0.1, 0.15) is 12.7 Å². The second-order valence-electron chi connectivity index (χ2n) is 7.96. The van der Waals surface area contributed by atoms with Gasteiger partial charge in [-0.15, -0.1) is 0 Å². The first kappa shape index (κ1) is 21.8. The number of benzene rings is 1. The first-order chi connectivity index (χ1) is 15.8. The number of hydrogen-bond acceptors (Lipinski definition) is 8. The molecule has 0 saturated carbocycles. The van der Waals surface area contributed by atoms with E-state index in [9.17, 15) is 8.78 Å². The van der Waals surface area contributed by atoms with Crippen LogP contribution in [-0.4, -0.2) is 73.8 Å². The van der Waals surface area contributed by atoms with Crippen LogP contribution >= 0.6 is 15.9 Å². The minimum atomic E-state index is -3.30. The van der Waals surface area contributed by atoms with Gasteiger partial charge in [0.2, 0.25) is 11.9 Å². The minimum Gasteiger partial charge on any atom is -0.430 e. The van der Waals surface area contributed by atoms with Crippen LogP contribution in [0.4, 0.5) is 20.7 Å². The van der Waals surface area contributed by atoms with Crippen molar-refractivity contribution in [2.45, 2.75) is 19.6 Å². The average Bonchev–Trinajstić information content (AvgIpc) is 3.36. The van der Waals surface area contributed by atoms with Crippen LogP contribution in [0.3, 0.4) is 0 Å². The number of imidazole rings is 1. The van der Waals surface area contributed by atoms with Gasteiger partial charge < -0.3 is 24.8 Å². The van der Waals surface area contributed by atoms with Crippen LogP contribution in [-0.2, 0) is 6.54 Å². The van der Waals surface area contributed by atoms with Crippen LogP contribution in [0.25, 0.3) is 16.7 Å². The highest BCUT2D eigenvalue weighted by Crippen LogP contribution is 2.29. The third kappa shape index (κ3) is 4.55. The lowest BCUT2D eigenvalue weighted by Crippen LogP contribution is -2.45. The molecule has 4 aromatic rings. The van der Waals surface area contributed by atoms with Crippen LogP contribution in [0.5, 0.6) is 5.75 Å². The monoisotopic (exact) mass is 521 g/mol. The molecule has 1 aliphatic heterocycles. The lowest BCUT2D eigenvalue weighted by atomic mass is 10.3. The maximum Gasteiger partial charge on any atom is 0.394 e. The van der Waals surface area contributed by atoms with Gasteiger partial charge in [0.15, 0.2) is 11.4 Å². The third-order valence-corrected chi connectivity index (χ3v) is 5.89. The van der Waals surface area contributed by atoms with Gasteiger partial charge in [-0.2, -0.15) is 28.4 Å². The summed E-state index contributed by atoms with van der Waals surface area (Å²) in [5.41, 5.74) is 1.58. The second kappa shape index (κ2) is 8.37. The van der Waals surface area contributed by atoms with Gasteiger partial charge in [0.25, 0.3) is 0 Å². The molecule has 1 aromatic carbocycles. The van der Waals surface area contributed by atoms with Crippen molar-refractivity contribution in [1.82, 2.24) is 34.4 Å². The molecule has 1 fully saturated rings. The Morgan fingerprint density at radius 2 is 1.97 bits per heavy atom. The summed E-state index contributed by atoms with van der Waals surface area (Å²) >= 11 is 3.50. The van der Waals surface area contributed by atoms with Gasteiger partial charge >= 0.3 is 6.11 Å². The van der Waals surface area contributed by atoms with Crippen LogP contribution in [0.2, 0.25) is 0 Å². The number of rotatable bonds is 6. The Morgan fingerprint density at radius 3 is 2.73 bits per heavy atom. The quantitative estimate of drug-likeness (QED) is 0.399. The van der Waals surface area contributed by atoms with Crippen LogP contribution < -0.4 is 15.0 Å². The number of fused-ring (bicyclic) bond motifs is 2. The fourth-order valence-electron chi connectivity index (χ4n) is 3.68. The van der Waals surface area contributed by atoms with E-state index in [4.69, 9.17) is 9.72 Å². The zero-order valence-electron chi connectivity index (χ0n) is 18.0. The Hall–Kier alpha value is -3.06. The maximum absolute atomic E-state index is 13.4. The van der Waals surface area contributed by atoms with E-state index in [0.717, 1.165) is 30.7 Å². The zero-order valence-corrected chi connectivity index (χ0v) is 19.6. The van der Waals surface area contributed by atoms with Gasteiger partial charge in [-0.3, -0.25) is 0 Å². The van der Waals surface area contributed by atoms with Gasteiger partial charge in [-0.05, 0) is 35.1 Å². The molecule has 4 heterocycles. The molecule has 0 atom stereocenters. The topological polar surface area (TPSA) is 99.5 Å². The predicted molar refractivity (Wildman–Crippen MR) is 123 cm³/mol. The molecule has 1 saturated heterocycles. The molecule has 10 nitrogen and oxygen atoms in total. The number of ether oxygens (including phenoxy) is 1. The number of halogens is 3. The van der Waals surface area contributed by atoms with Crippen molar-refractivity contribution in [3.05, 3.63) is 34.7 Å². The number of hydrogen-bond donors (Lipinski definition) is 2. The number of piperazine rings is 1. The molecule has 1 aliphatic rings. The van der Waals surface area contributed by atoms with Crippen molar-refractivity contribution in [2.75, 3.05) is 43.4 Å². The van der Waals surface area contributed by atoms with E-state index in [0.29, 0.717) is 41.3 Å². The highest BCUT2D eigenvalue weighted by atomic mass is 79.9. The van der Waals surface area contributed by atoms with E-state index in [1.165, 1.54) is 6.07 Å². The molecule has 0 amide bonds. The van der Waals surface area contributed by atoms with Gasteiger partial charge in [0, 0.05) is 33.1 Å². The number of likely N-dealkylation sites (N-methyl/N-ethyl adjacent to an activating group) is 1. The summed E-state index contributed by atoms with van der Waals surface area (Å²) < 4.78 is 33.9. The fraction of sp³-hybridized carbons (Fsp3) is 0.400. The Morgan fingerprint density at radius 1 is 1.18 bits per heavy atom. The Balaban J connectivity index is 1.42. The highest BCUT2D eigenvalue weighted by Gasteiger charge is 2.25. The summed E-state index contributed by atoms with van der Waals surface area (Å²) in [5.74, 6) is 1.67. The molecule has 0 unspecified atom stereocenters. The number of H-pyrrole nitrogens is 1. The fourth-order valence-corrected chi connectivity index (χ4v) is 4.03. The van der Waals surface area contributed by atoms with Gasteiger partial charge in [0.05, 0.1) is 22.7 Å². The molecule has 13 heteroatoms. The van der Waals surface area contributed by atoms with E-state index < -0.39 is 6.11 Å². The molecular formula is C20H22BrF2N9O. The lowest BCUT2D eigenvalue weighted by molar-refractivity contribution is -0.158. The summed E-state index contributed by atoms with van der Waals surface area (Å²) in [6.07, 6.45) is -1.63. The van der Waals surface area contributed by atoms with Crippen LogP contribution in [0, 0.1) is 0 Å². The highest BCUT2D eigenvalue weighted by molar-refractivity contribution is 9.10. The number of aromatic amines is 1. The first-order valence-electron chi connectivity index (χ1n) is 10.4. The van der Waals surface area contributed by atoms with Crippen molar-refractivity contribution < 1.29 is 13.5 Å². The number of para-hydroxylation sites is 1. The predicted octanol–water partition coefficient (Wildman–Crippen LogP) is 3.12. The zero-order chi connectivity index (χ0) is 23.2. The Kier molecular flexibility index (Phi) is 5.52. The summed E-state index contributed by atoms with van der Waals surface area (Å²) in [7, 11) is 2.09. The molecule has 0 radical (unpaired) electrons. The van der Waals surface area contributed by atoms with Crippen molar-refractivity contribution in [1.29, 1.82) is 0 Å². The van der Waals surface area contributed by atoms with Crippen molar-refractivity contribution in [3.63, 3.8) is 0 Å². The van der Waals surface area contributed by atoms with Gasteiger partial charge in [0.1, 0.15) is 11.3 Å². The molecule has 33 heavy (non-hydrogen) atoms. The van der Waals surface area contributed by atoms with E-state index in [-0.39, 0.29) is 12.3 Å². The van der Waals surface area contributed by atoms with Crippen molar-refractivity contribution in [2.24, 2.45) is 0 Å². The van der Waals surface area contributed by atoms with Crippen LogP contribution in [0.15, 0.2) is 28.9 Å². The summed E-state index contributed by atoms with van der Waals surface area (Å²) in [6, 6.07) is 4.86. The van der Waals surface area contributed by atoms with E-state index in [1.54, 1.807) is 22.8 Å². The molecule has 0 aliphatic carbocycles. The maximum atomic E-state index is 13.4. The lowest BCUT2D eigenvalue weighted by Gasteiger charge is -2.32. The standard InChI is InChI=1S/C20H22BrF2N9O/c1-20(22,23)33-14-5-3-4-13-16(14)27-15(26-13)11-24-18-29-19(31-8-6-30(2)7-9-31)28-17-12(21)10-25-32(17)18/h3-5,10H,6-9,11H2,1-2H3,(H,26,27)(H,24,28,29). The largest absolute Gasteiger partial charge is 0.430 e. The third-order valence-electron chi connectivity index (χ3n) is 5.33. The van der Waals surface area contributed by atoms with E-state index in [2.05, 4.69) is 58.1 Å². The SMILES string of the molecule is CN1CCN(c2nc(NCc3nc4c(OC(C)(F)F)cccc4[nH]3)n3ncc(Br)c3n2)CC1. The smallest absolute Gasteiger partial charge is 0.394 e. The molecular weight excluding hydrogens is 500 g/mol. The molecule has 3 aromatic heterocycles. The molecule has 174 valence electrons. The Labute approximate surface area is 196 Å². The van der Waals surface area contributed by atoms with Crippen molar-refractivity contribution >= 4 is 44.5 Å². The van der Waals surface area contributed by atoms with Gasteiger partial charge in [-0.1, -0.05) is 6.07 Å². The van der Waals surface area contributed by atoms with E-state index in [1.807, 2.05) is 0 Å². The molecule has 0 spiro atoms. The molecule has 5 rings (SSSR count). The average molecular weight is 522 g/mol. The van der Waals surface area contributed by atoms with Gasteiger partial charge in [-0.25, -0.2) is 4.98 Å².